The van der Waals surface area contributed by atoms with Crippen molar-refractivity contribution in [2.45, 2.75) is 17.7 Å². The van der Waals surface area contributed by atoms with Gasteiger partial charge in [-0.1, -0.05) is 24.3 Å². The number of ketones is 1. The third-order valence-electron chi connectivity index (χ3n) is 6.63. The molecule has 0 aliphatic carbocycles. The molecule has 5 rings (SSSR count). The van der Waals surface area contributed by atoms with Gasteiger partial charge in [0.05, 0.1) is 35.0 Å². The van der Waals surface area contributed by atoms with Crippen LogP contribution in [0.15, 0.2) is 65.6 Å². The lowest BCUT2D eigenvalue weighted by Crippen LogP contribution is -2.36. The van der Waals surface area contributed by atoms with E-state index in [0.29, 0.717) is 17.5 Å². The van der Waals surface area contributed by atoms with E-state index in [1.54, 1.807) is 16.8 Å². The number of sulfone groups is 1. The van der Waals surface area contributed by atoms with Crippen molar-refractivity contribution in [3.63, 3.8) is 0 Å². The Kier molecular flexibility index (Phi) is 9.23. The van der Waals surface area contributed by atoms with E-state index in [9.17, 15) is 13.2 Å². The summed E-state index contributed by atoms with van der Waals surface area (Å²) in [6.07, 6.45) is 2.42. The third kappa shape index (κ3) is 6.59. The normalized spacial score (nSPS) is 14.1. The second-order valence-electron chi connectivity index (χ2n) is 9.25. The lowest BCUT2D eigenvalue weighted by atomic mass is 10.1. The molecule has 10 nitrogen and oxygen atoms in total. The maximum Gasteiger partial charge on any atom is 0.335 e. The van der Waals surface area contributed by atoms with Gasteiger partial charge in [0, 0.05) is 43.9 Å². The Bertz CT molecular complexity index is 1600. The number of fused-ring (bicyclic) bond motifs is 1. The fraction of sp³-hybridized carbons (Fsp3) is 0.333. The molecular weight excluding hydrogens is 540 g/mol. The topological polar surface area (TPSA) is 121 Å². The summed E-state index contributed by atoms with van der Waals surface area (Å²) >= 11 is -0.750. The van der Waals surface area contributed by atoms with Gasteiger partial charge in [-0.05, 0) is 49.4 Å². The number of para-hydroxylation sites is 1. The van der Waals surface area contributed by atoms with Gasteiger partial charge >= 0.3 is 11.6 Å². The van der Waals surface area contributed by atoms with Crippen LogP contribution in [0.4, 0.5) is 0 Å². The van der Waals surface area contributed by atoms with E-state index >= 15 is 0 Å². The van der Waals surface area contributed by atoms with Gasteiger partial charge in [-0.25, -0.2) is 8.42 Å². The molecule has 4 aromatic rings. The molecule has 0 atom stereocenters. The molecular formula is C27H30N4O6S2. The molecule has 0 amide bonds. The Morgan fingerprint density at radius 3 is 2.36 bits per heavy atom. The first kappa shape index (κ1) is 28.6. The van der Waals surface area contributed by atoms with Gasteiger partial charge in [-0.2, -0.15) is 13.5 Å². The third-order valence-corrected chi connectivity index (χ3v) is 7.78. The molecule has 0 saturated carbocycles. The number of aromatic nitrogens is 3. The summed E-state index contributed by atoms with van der Waals surface area (Å²) in [7, 11) is -1.63. The molecule has 12 heteroatoms. The van der Waals surface area contributed by atoms with Gasteiger partial charge in [0.2, 0.25) is 0 Å². The fourth-order valence-corrected chi connectivity index (χ4v) is 5.72. The van der Waals surface area contributed by atoms with E-state index in [-0.39, 0.29) is 10.7 Å². The zero-order valence-electron chi connectivity index (χ0n) is 21.8. The average Bonchev–Trinajstić information content (AvgIpc) is 3.50. The van der Waals surface area contributed by atoms with Gasteiger partial charge in [0.25, 0.3) is 0 Å². The maximum absolute atomic E-state index is 13.0. The van der Waals surface area contributed by atoms with E-state index in [2.05, 4.69) is 10.00 Å². The standard InChI is InChI=1S/C27H30N4O4S.O2S/c1-29-24(19-22(28-29)26(32)11-7-13-30-14-16-35-17-15-30)25-18-21-23(10-6-12-27(21)36(2,33)34)31(25)20-8-4-3-5-9-20;1-3-2/h3-6,8-10,12,18-19H,7,11,13-17H2,1-2H3;. The van der Waals surface area contributed by atoms with Crippen molar-refractivity contribution < 1.29 is 26.4 Å². The van der Waals surface area contributed by atoms with Gasteiger partial charge in [-0.3, -0.25) is 14.4 Å². The molecule has 0 unspecified atom stereocenters. The zero-order chi connectivity index (χ0) is 28.0. The number of hydrogen-bond donors (Lipinski definition) is 0. The van der Waals surface area contributed by atoms with E-state index in [1.165, 1.54) is 6.26 Å². The van der Waals surface area contributed by atoms with Gasteiger partial charge in [0.15, 0.2) is 15.6 Å². The van der Waals surface area contributed by atoms with Crippen LogP contribution in [-0.4, -0.2) is 81.0 Å². The molecule has 1 fully saturated rings. The molecule has 0 bridgehead atoms. The lowest BCUT2D eigenvalue weighted by molar-refractivity contribution is 0.0371. The van der Waals surface area contributed by atoms with Crippen molar-refractivity contribution in [3.05, 3.63) is 66.4 Å². The highest BCUT2D eigenvalue weighted by Gasteiger charge is 2.22. The summed E-state index contributed by atoms with van der Waals surface area (Å²) < 4.78 is 50.8. The van der Waals surface area contributed by atoms with Crippen molar-refractivity contribution in [2.24, 2.45) is 7.05 Å². The van der Waals surface area contributed by atoms with E-state index in [1.807, 2.05) is 60.1 Å². The predicted molar refractivity (Wildman–Crippen MR) is 148 cm³/mol. The fourth-order valence-electron chi connectivity index (χ4n) is 4.83. The highest BCUT2D eigenvalue weighted by Crippen LogP contribution is 2.35. The lowest BCUT2D eigenvalue weighted by Gasteiger charge is -2.26. The van der Waals surface area contributed by atoms with Crippen molar-refractivity contribution in [2.75, 3.05) is 39.1 Å². The maximum atomic E-state index is 13.0. The van der Waals surface area contributed by atoms with E-state index in [0.717, 1.165) is 61.9 Å². The second kappa shape index (κ2) is 12.6. The molecule has 206 valence electrons. The van der Waals surface area contributed by atoms with E-state index in [4.69, 9.17) is 13.2 Å². The molecule has 0 spiro atoms. The molecule has 3 heterocycles. The van der Waals surface area contributed by atoms with Crippen LogP contribution in [0.25, 0.3) is 28.0 Å². The number of nitrogens with zero attached hydrogens (tertiary/aromatic N) is 4. The van der Waals surface area contributed by atoms with Crippen LogP contribution in [-0.2, 0) is 33.2 Å². The van der Waals surface area contributed by atoms with Gasteiger partial charge in [0.1, 0.15) is 5.69 Å². The van der Waals surface area contributed by atoms with Gasteiger partial charge in [-0.15, -0.1) is 0 Å². The van der Waals surface area contributed by atoms with Crippen molar-refractivity contribution in [1.29, 1.82) is 0 Å². The summed E-state index contributed by atoms with van der Waals surface area (Å²) in [5.74, 6) is 0.00399. The Hall–Kier alpha value is -3.45. The number of ether oxygens (including phenoxy) is 1. The monoisotopic (exact) mass is 570 g/mol. The number of benzene rings is 2. The first-order valence-corrected chi connectivity index (χ1v) is 15.0. The van der Waals surface area contributed by atoms with Crippen LogP contribution in [0.2, 0.25) is 0 Å². The Morgan fingerprint density at radius 2 is 1.69 bits per heavy atom. The smallest absolute Gasteiger partial charge is 0.335 e. The number of aryl methyl sites for hydroxylation is 1. The number of Topliss-reactive ketones (excluding diaryl/α,β-unsaturated/α-hetero) is 1. The quantitative estimate of drug-likeness (QED) is 0.297. The van der Waals surface area contributed by atoms with Gasteiger partial charge < -0.3 is 9.30 Å². The summed E-state index contributed by atoms with van der Waals surface area (Å²) in [6.45, 7) is 4.16. The number of hydrogen-bond acceptors (Lipinski definition) is 8. The molecule has 2 aromatic heterocycles. The molecule has 1 aliphatic heterocycles. The van der Waals surface area contributed by atoms with Crippen molar-refractivity contribution >= 4 is 38.1 Å². The highest BCUT2D eigenvalue weighted by atomic mass is 32.2. The van der Waals surface area contributed by atoms with Crippen LogP contribution < -0.4 is 0 Å². The summed E-state index contributed by atoms with van der Waals surface area (Å²) in [6, 6.07) is 18.8. The Balaban J connectivity index is 0.00000112. The van der Waals surface area contributed by atoms with Crippen LogP contribution in [0.1, 0.15) is 23.3 Å². The zero-order valence-corrected chi connectivity index (χ0v) is 23.4. The SMILES string of the molecule is Cn1nc(C(=O)CCCN2CCOCC2)cc1-c1cc2c(S(C)(=O)=O)cccc2n1-c1ccccc1.O=S=O. The first-order chi connectivity index (χ1) is 18.7. The van der Waals surface area contributed by atoms with Crippen molar-refractivity contribution in [1.82, 2.24) is 19.2 Å². The predicted octanol–water partition coefficient (Wildman–Crippen LogP) is 3.06. The number of carbonyl (C=O) groups is 1. The molecule has 1 aliphatic rings. The number of morpholine rings is 1. The van der Waals surface area contributed by atoms with Crippen molar-refractivity contribution in [3.8, 4) is 17.1 Å². The molecule has 1 saturated heterocycles. The second-order valence-corrected chi connectivity index (χ2v) is 11.4. The Labute approximate surface area is 230 Å². The minimum Gasteiger partial charge on any atom is -0.379 e. The largest absolute Gasteiger partial charge is 0.379 e. The van der Waals surface area contributed by atoms with Crippen LogP contribution in [0.5, 0.6) is 0 Å². The number of rotatable bonds is 8. The molecule has 39 heavy (non-hydrogen) atoms. The summed E-state index contributed by atoms with van der Waals surface area (Å²) in [5, 5.41) is 5.17. The summed E-state index contributed by atoms with van der Waals surface area (Å²) in [4.78, 5) is 15.6. The summed E-state index contributed by atoms with van der Waals surface area (Å²) in [5.41, 5.74) is 3.61. The van der Waals surface area contributed by atoms with E-state index < -0.39 is 21.4 Å². The van der Waals surface area contributed by atoms with Crippen LogP contribution >= 0.6 is 0 Å². The molecule has 0 radical (unpaired) electrons. The first-order valence-electron chi connectivity index (χ1n) is 12.4. The minimum absolute atomic E-state index is 0.00399. The molecule has 2 aromatic carbocycles. The van der Waals surface area contributed by atoms with Crippen LogP contribution in [0.3, 0.4) is 0 Å². The van der Waals surface area contributed by atoms with Crippen LogP contribution in [0, 0.1) is 0 Å². The Morgan fingerprint density at radius 1 is 1.00 bits per heavy atom. The molecule has 0 N–H and O–H groups in total. The highest BCUT2D eigenvalue weighted by molar-refractivity contribution is 7.91. The average molecular weight is 571 g/mol. The minimum atomic E-state index is -3.44. The number of carbonyl (C=O) groups excluding carboxylic acids is 1.